The number of esters is 1. The Morgan fingerprint density at radius 3 is 2.73 bits per heavy atom. The van der Waals surface area contributed by atoms with Crippen LogP contribution in [0.5, 0.6) is 0 Å². The number of methoxy groups -OCH3 is 1. The third-order valence-electron chi connectivity index (χ3n) is 3.43. The third-order valence-corrected chi connectivity index (χ3v) is 3.43. The summed E-state index contributed by atoms with van der Waals surface area (Å²) in [4.78, 5) is 13.9. The molecule has 0 bridgehead atoms. The fourth-order valence-electron chi connectivity index (χ4n) is 2.63. The van der Waals surface area contributed by atoms with Crippen molar-refractivity contribution in [2.24, 2.45) is 0 Å². The quantitative estimate of drug-likeness (QED) is 0.636. The van der Waals surface area contributed by atoms with Gasteiger partial charge < -0.3 is 9.47 Å². The van der Waals surface area contributed by atoms with E-state index in [9.17, 15) is 4.79 Å². The number of likely N-dealkylation sites (tertiary alicyclic amines) is 1. The lowest BCUT2D eigenvalue weighted by Crippen LogP contribution is -2.46. The minimum Gasteiger partial charge on any atom is -0.468 e. The number of ether oxygens (including phenoxy) is 2. The van der Waals surface area contributed by atoms with E-state index < -0.39 is 0 Å². The van der Waals surface area contributed by atoms with E-state index in [1.54, 1.807) is 0 Å². The summed E-state index contributed by atoms with van der Waals surface area (Å²) in [7, 11) is 1.48. The second-order valence-corrected chi connectivity index (χ2v) is 4.26. The Kier molecular flexibility index (Phi) is 3.59. The van der Waals surface area contributed by atoms with Crippen molar-refractivity contribution in [3.8, 4) is 0 Å². The maximum absolute atomic E-state index is 11.6. The Hall–Kier alpha value is -0.610. The smallest absolute Gasteiger partial charge is 0.323 e. The molecule has 1 unspecified atom stereocenters. The van der Waals surface area contributed by atoms with Gasteiger partial charge in [0.25, 0.3) is 0 Å². The number of carbonyl (C=O) groups is 1. The molecule has 0 N–H and O–H groups in total. The SMILES string of the molecule is COC(=O)C1CCCN1C1CCOCC1. The van der Waals surface area contributed by atoms with E-state index in [-0.39, 0.29) is 12.0 Å². The van der Waals surface area contributed by atoms with Gasteiger partial charge in [-0.15, -0.1) is 0 Å². The van der Waals surface area contributed by atoms with Crippen LogP contribution in [0.3, 0.4) is 0 Å². The van der Waals surface area contributed by atoms with Gasteiger partial charge in [0.05, 0.1) is 7.11 Å². The molecule has 86 valence electrons. The molecule has 2 heterocycles. The summed E-state index contributed by atoms with van der Waals surface area (Å²) in [5.41, 5.74) is 0. The molecule has 0 aromatic rings. The van der Waals surface area contributed by atoms with Gasteiger partial charge in [-0.1, -0.05) is 0 Å². The fourth-order valence-corrected chi connectivity index (χ4v) is 2.63. The standard InChI is InChI=1S/C11H19NO3/c1-14-11(13)10-3-2-6-12(10)9-4-7-15-8-5-9/h9-10H,2-8H2,1H3. The lowest BCUT2D eigenvalue weighted by Gasteiger charge is -2.34. The van der Waals surface area contributed by atoms with Crippen LogP contribution in [-0.2, 0) is 14.3 Å². The van der Waals surface area contributed by atoms with Crippen LogP contribution in [0.15, 0.2) is 0 Å². The molecule has 2 rings (SSSR count). The highest BCUT2D eigenvalue weighted by Gasteiger charge is 2.36. The summed E-state index contributed by atoms with van der Waals surface area (Å²) in [5, 5.41) is 0. The van der Waals surface area contributed by atoms with Gasteiger partial charge >= 0.3 is 5.97 Å². The fraction of sp³-hybridized carbons (Fsp3) is 0.909. The van der Waals surface area contributed by atoms with Gasteiger partial charge in [0.2, 0.25) is 0 Å². The summed E-state index contributed by atoms with van der Waals surface area (Å²) >= 11 is 0. The van der Waals surface area contributed by atoms with Crippen LogP contribution in [0.1, 0.15) is 25.7 Å². The van der Waals surface area contributed by atoms with Crippen LogP contribution in [0.25, 0.3) is 0 Å². The topological polar surface area (TPSA) is 38.8 Å². The Morgan fingerprint density at radius 1 is 1.33 bits per heavy atom. The van der Waals surface area contributed by atoms with E-state index in [0.29, 0.717) is 6.04 Å². The van der Waals surface area contributed by atoms with Crippen molar-refractivity contribution in [1.82, 2.24) is 4.90 Å². The lowest BCUT2D eigenvalue weighted by molar-refractivity contribution is -0.147. The van der Waals surface area contributed by atoms with E-state index in [1.165, 1.54) is 7.11 Å². The van der Waals surface area contributed by atoms with Gasteiger partial charge in [-0.3, -0.25) is 9.69 Å². The first-order valence-electron chi connectivity index (χ1n) is 5.74. The van der Waals surface area contributed by atoms with E-state index >= 15 is 0 Å². The normalized spacial score (nSPS) is 29.3. The Labute approximate surface area is 90.5 Å². The average molecular weight is 213 g/mol. The minimum atomic E-state index is -0.0704. The molecule has 0 spiro atoms. The van der Waals surface area contributed by atoms with E-state index in [1.807, 2.05) is 0 Å². The van der Waals surface area contributed by atoms with Gasteiger partial charge in [0.1, 0.15) is 6.04 Å². The summed E-state index contributed by atoms with van der Waals surface area (Å²) in [6.45, 7) is 2.69. The molecule has 0 saturated carbocycles. The van der Waals surface area contributed by atoms with Gasteiger partial charge in [0, 0.05) is 19.3 Å². The highest BCUT2D eigenvalue weighted by Crippen LogP contribution is 2.25. The van der Waals surface area contributed by atoms with E-state index in [2.05, 4.69) is 4.90 Å². The highest BCUT2D eigenvalue weighted by molar-refractivity contribution is 5.76. The van der Waals surface area contributed by atoms with Crippen LogP contribution in [0.4, 0.5) is 0 Å². The molecule has 15 heavy (non-hydrogen) atoms. The first-order valence-corrected chi connectivity index (χ1v) is 5.74. The second kappa shape index (κ2) is 4.94. The molecule has 2 aliphatic heterocycles. The predicted octanol–water partition coefficient (Wildman–Crippen LogP) is 0.803. The van der Waals surface area contributed by atoms with E-state index in [0.717, 1.165) is 45.4 Å². The maximum Gasteiger partial charge on any atom is 0.323 e. The zero-order valence-corrected chi connectivity index (χ0v) is 9.28. The van der Waals surface area contributed by atoms with Crippen molar-refractivity contribution in [2.45, 2.75) is 37.8 Å². The molecule has 2 fully saturated rings. The number of hydrogen-bond donors (Lipinski definition) is 0. The molecule has 4 nitrogen and oxygen atoms in total. The van der Waals surface area contributed by atoms with Crippen LogP contribution in [-0.4, -0.2) is 49.8 Å². The molecule has 2 saturated heterocycles. The molecule has 0 radical (unpaired) electrons. The van der Waals surface area contributed by atoms with Crippen LogP contribution in [0, 0.1) is 0 Å². The summed E-state index contributed by atoms with van der Waals surface area (Å²) in [6, 6.07) is 0.517. The van der Waals surface area contributed by atoms with Crippen LogP contribution < -0.4 is 0 Å². The first-order chi connectivity index (χ1) is 7.33. The Morgan fingerprint density at radius 2 is 2.07 bits per heavy atom. The Balaban J connectivity index is 1.97. The van der Waals surface area contributed by atoms with Gasteiger partial charge in [-0.05, 0) is 32.2 Å². The largest absolute Gasteiger partial charge is 0.468 e. The number of nitrogens with zero attached hydrogens (tertiary/aromatic N) is 1. The number of rotatable bonds is 2. The zero-order valence-electron chi connectivity index (χ0n) is 9.28. The van der Waals surface area contributed by atoms with Crippen molar-refractivity contribution >= 4 is 5.97 Å². The maximum atomic E-state index is 11.6. The molecular weight excluding hydrogens is 194 g/mol. The third kappa shape index (κ3) is 2.32. The Bertz CT molecular complexity index is 226. The molecule has 0 aliphatic carbocycles. The summed E-state index contributed by atoms with van der Waals surface area (Å²) < 4.78 is 10.2. The molecule has 0 amide bonds. The molecule has 1 atom stereocenters. The van der Waals surface area contributed by atoms with Gasteiger partial charge in [-0.2, -0.15) is 0 Å². The van der Waals surface area contributed by atoms with Crippen LogP contribution in [0.2, 0.25) is 0 Å². The second-order valence-electron chi connectivity index (χ2n) is 4.26. The lowest BCUT2D eigenvalue weighted by atomic mass is 10.1. The van der Waals surface area contributed by atoms with Gasteiger partial charge in [-0.25, -0.2) is 0 Å². The number of carbonyl (C=O) groups excluding carboxylic acids is 1. The van der Waals surface area contributed by atoms with Crippen molar-refractivity contribution in [2.75, 3.05) is 26.9 Å². The van der Waals surface area contributed by atoms with Gasteiger partial charge in [0.15, 0.2) is 0 Å². The van der Waals surface area contributed by atoms with Crippen molar-refractivity contribution in [1.29, 1.82) is 0 Å². The highest BCUT2D eigenvalue weighted by atomic mass is 16.5. The summed E-state index contributed by atoms with van der Waals surface area (Å²) in [6.07, 6.45) is 4.15. The van der Waals surface area contributed by atoms with Crippen LogP contribution >= 0.6 is 0 Å². The monoisotopic (exact) mass is 213 g/mol. The first kappa shape index (κ1) is 10.9. The molecule has 2 aliphatic rings. The molecule has 4 heteroatoms. The van der Waals surface area contributed by atoms with E-state index in [4.69, 9.17) is 9.47 Å². The van der Waals surface area contributed by atoms with Crippen molar-refractivity contribution < 1.29 is 14.3 Å². The minimum absolute atomic E-state index is 0.00176. The molecule has 0 aromatic carbocycles. The van der Waals surface area contributed by atoms with Crippen molar-refractivity contribution in [3.63, 3.8) is 0 Å². The van der Waals surface area contributed by atoms with Crippen molar-refractivity contribution in [3.05, 3.63) is 0 Å². The summed E-state index contributed by atoms with van der Waals surface area (Å²) in [5.74, 6) is -0.0704. The average Bonchev–Trinajstić information content (AvgIpc) is 2.78. The number of hydrogen-bond acceptors (Lipinski definition) is 4. The predicted molar refractivity (Wildman–Crippen MR) is 55.6 cm³/mol. The zero-order chi connectivity index (χ0) is 10.7. The molecular formula is C11H19NO3. The molecule has 0 aromatic heterocycles.